The van der Waals surface area contributed by atoms with E-state index in [1.54, 1.807) is 0 Å². The number of aliphatic hydroxyl groups is 1. The quantitative estimate of drug-likeness (QED) is 0.766. The monoisotopic (exact) mass is 300 g/mol. The first-order valence-corrected chi connectivity index (χ1v) is 7.77. The highest BCUT2D eigenvalue weighted by Crippen LogP contribution is 2.23. The van der Waals surface area contributed by atoms with Crippen LogP contribution in [-0.2, 0) is 0 Å². The first-order valence-electron chi connectivity index (χ1n) is 7.77. The zero-order valence-electron chi connectivity index (χ0n) is 13.2. The minimum absolute atomic E-state index is 0.0480. The van der Waals surface area contributed by atoms with Crippen LogP contribution in [0.5, 0.6) is 0 Å². The average molecular weight is 300 g/mol. The van der Waals surface area contributed by atoms with Crippen molar-refractivity contribution in [2.24, 2.45) is 0 Å². The van der Waals surface area contributed by atoms with Gasteiger partial charge in [-0.2, -0.15) is 0 Å². The number of fused-ring (bicyclic) bond motifs is 1. The van der Waals surface area contributed by atoms with E-state index in [4.69, 9.17) is 5.11 Å². The van der Waals surface area contributed by atoms with Crippen LogP contribution in [0.4, 0.5) is 4.79 Å². The number of carbonyl (C=O) groups is 1. The van der Waals surface area contributed by atoms with Crippen LogP contribution in [0.15, 0.2) is 42.5 Å². The lowest BCUT2D eigenvalue weighted by Crippen LogP contribution is -2.41. The summed E-state index contributed by atoms with van der Waals surface area (Å²) >= 11 is 0. The van der Waals surface area contributed by atoms with Crippen molar-refractivity contribution in [3.8, 4) is 0 Å². The van der Waals surface area contributed by atoms with Gasteiger partial charge in [0.05, 0.1) is 6.04 Å². The molecular weight excluding hydrogens is 276 g/mol. The van der Waals surface area contributed by atoms with Crippen LogP contribution < -0.4 is 10.6 Å². The number of rotatable bonds is 6. The van der Waals surface area contributed by atoms with Gasteiger partial charge in [0.2, 0.25) is 0 Å². The smallest absolute Gasteiger partial charge is 0.315 e. The topological polar surface area (TPSA) is 61.4 Å². The highest BCUT2D eigenvalue weighted by Gasteiger charge is 2.13. The van der Waals surface area contributed by atoms with Crippen molar-refractivity contribution in [1.82, 2.24) is 10.6 Å². The van der Waals surface area contributed by atoms with Gasteiger partial charge in [-0.05, 0) is 43.0 Å². The van der Waals surface area contributed by atoms with E-state index in [1.807, 2.05) is 38.1 Å². The fourth-order valence-electron chi connectivity index (χ4n) is 2.64. The van der Waals surface area contributed by atoms with Gasteiger partial charge in [-0.15, -0.1) is 0 Å². The van der Waals surface area contributed by atoms with Gasteiger partial charge in [-0.1, -0.05) is 42.5 Å². The standard InChI is InChI=1S/C18H24N2O2/c1-13(7-6-12-21)19-18(22)20-14(2)16-11-5-9-15-8-3-4-10-17(15)16/h3-5,8-11,13-14,21H,6-7,12H2,1-2H3,(H2,19,20,22). The molecule has 3 N–H and O–H groups in total. The number of nitrogens with one attached hydrogen (secondary N) is 2. The minimum atomic E-state index is -0.175. The molecule has 0 saturated heterocycles. The Hall–Kier alpha value is -2.07. The molecule has 0 aliphatic rings. The van der Waals surface area contributed by atoms with Crippen LogP contribution in [0.2, 0.25) is 0 Å². The second-order valence-electron chi connectivity index (χ2n) is 5.67. The Kier molecular flexibility index (Phi) is 5.78. The van der Waals surface area contributed by atoms with Crippen molar-refractivity contribution in [2.75, 3.05) is 6.61 Å². The van der Waals surface area contributed by atoms with Crippen molar-refractivity contribution >= 4 is 16.8 Å². The number of aliphatic hydroxyl groups excluding tert-OH is 1. The molecule has 0 radical (unpaired) electrons. The predicted molar refractivity (Wildman–Crippen MR) is 89.8 cm³/mol. The Morgan fingerprint density at radius 1 is 1.09 bits per heavy atom. The van der Waals surface area contributed by atoms with Gasteiger partial charge in [0, 0.05) is 12.6 Å². The molecule has 2 aromatic carbocycles. The Labute approximate surface area is 131 Å². The normalized spacial score (nSPS) is 13.6. The largest absolute Gasteiger partial charge is 0.396 e. The Morgan fingerprint density at radius 2 is 1.82 bits per heavy atom. The summed E-state index contributed by atoms with van der Waals surface area (Å²) in [5.74, 6) is 0. The second-order valence-corrected chi connectivity index (χ2v) is 5.67. The third-order valence-corrected chi connectivity index (χ3v) is 3.81. The number of benzene rings is 2. The lowest BCUT2D eigenvalue weighted by atomic mass is 10.00. The lowest BCUT2D eigenvalue weighted by Gasteiger charge is -2.19. The molecule has 2 atom stereocenters. The summed E-state index contributed by atoms with van der Waals surface area (Å²) in [6.07, 6.45) is 1.47. The van der Waals surface area contributed by atoms with Crippen molar-refractivity contribution in [3.63, 3.8) is 0 Å². The van der Waals surface area contributed by atoms with Crippen LogP contribution in [0.1, 0.15) is 38.3 Å². The fourth-order valence-corrected chi connectivity index (χ4v) is 2.64. The van der Waals surface area contributed by atoms with E-state index in [9.17, 15) is 4.79 Å². The van der Waals surface area contributed by atoms with Crippen LogP contribution in [0.3, 0.4) is 0 Å². The summed E-state index contributed by atoms with van der Waals surface area (Å²) in [7, 11) is 0. The predicted octanol–water partition coefficient (Wildman–Crippen LogP) is 3.36. The highest BCUT2D eigenvalue weighted by atomic mass is 16.3. The summed E-state index contributed by atoms with van der Waals surface area (Å²) in [6.45, 7) is 4.08. The molecule has 0 aromatic heterocycles. The summed E-state index contributed by atoms with van der Waals surface area (Å²) in [5, 5.41) is 17.0. The summed E-state index contributed by atoms with van der Waals surface area (Å²) < 4.78 is 0. The van der Waals surface area contributed by atoms with E-state index < -0.39 is 0 Å². The van der Waals surface area contributed by atoms with Gasteiger partial charge in [-0.25, -0.2) is 4.79 Å². The maximum atomic E-state index is 12.1. The Morgan fingerprint density at radius 3 is 2.59 bits per heavy atom. The number of hydrogen-bond donors (Lipinski definition) is 3. The van der Waals surface area contributed by atoms with Gasteiger partial charge < -0.3 is 15.7 Å². The van der Waals surface area contributed by atoms with E-state index in [-0.39, 0.29) is 24.7 Å². The van der Waals surface area contributed by atoms with E-state index in [0.717, 1.165) is 17.4 Å². The highest BCUT2D eigenvalue weighted by molar-refractivity contribution is 5.86. The molecule has 118 valence electrons. The van der Waals surface area contributed by atoms with Gasteiger partial charge >= 0.3 is 6.03 Å². The summed E-state index contributed by atoms with van der Waals surface area (Å²) in [4.78, 5) is 12.1. The molecule has 4 nitrogen and oxygen atoms in total. The molecule has 0 fully saturated rings. The molecule has 2 amide bonds. The molecule has 22 heavy (non-hydrogen) atoms. The van der Waals surface area contributed by atoms with Gasteiger partial charge in [0.1, 0.15) is 0 Å². The molecule has 0 bridgehead atoms. The molecule has 0 aliphatic carbocycles. The minimum Gasteiger partial charge on any atom is -0.396 e. The third kappa shape index (κ3) is 4.21. The maximum absolute atomic E-state index is 12.1. The van der Waals surface area contributed by atoms with Crippen LogP contribution >= 0.6 is 0 Å². The molecule has 2 rings (SSSR count). The Bertz CT molecular complexity index is 622. The molecular formula is C18H24N2O2. The number of hydrogen-bond acceptors (Lipinski definition) is 2. The zero-order chi connectivity index (χ0) is 15.9. The van der Waals surface area contributed by atoms with Crippen molar-refractivity contribution < 1.29 is 9.90 Å². The van der Waals surface area contributed by atoms with Crippen LogP contribution in [-0.4, -0.2) is 23.8 Å². The van der Waals surface area contributed by atoms with Crippen molar-refractivity contribution in [3.05, 3.63) is 48.0 Å². The van der Waals surface area contributed by atoms with Gasteiger partial charge in [-0.3, -0.25) is 0 Å². The van der Waals surface area contributed by atoms with E-state index in [0.29, 0.717) is 6.42 Å². The molecule has 0 spiro atoms. The van der Waals surface area contributed by atoms with Crippen LogP contribution in [0, 0.1) is 0 Å². The van der Waals surface area contributed by atoms with Crippen molar-refractivity contribution in [2.45, 2.75) is 38.8 Å². The first-order chi connectivity index (χ1) is 10.6. The molecule has 0 saturated carbocycles. The molecule has 2 unspecified atom stereocenters. The van der Waals surface area contributed by atoms with Crippen LogP contribution in [0.25, 0.3) is 10.8 Å². The number of amides is 2. The number of carbonyl (C=O) groups excluding carboxylic acids is 1. The Balaban J connectivity index is 2.02. The maximum Gasteiger partial charge on any atom is 0.315 e. The van der Waals surface area contributed by atoms with Crippen molar-refractivity contribution in [1.29, 1.82) is 0 Å². The van der Waals surface area contributed by atoms with E-state index in [2.05, 4.69) is 28.8 Å². The summed E-state index contributed by atoms with van der Waals surface area (Å²) in [5.41, 5.74) is 1.11. The van der Waals surface area contributed by atoms with Gasteiger partial charge in [0.25, 0.3) is 0 Å². The lowest BCUT2D eigenvalue weighted by molar-refractivity contribution is 0.231. The summed E-state index contributed by atoms with van der Waals surface area (Å²) in [6, 6.07) is 14.1. The second kappa shape index (κ2) is 7.80. The first kappa shape index (κ1) is 16.3. The van der Waals surface area contributed by atoms with Gasteiger partial charge in [0.15, 0.2) is 0 Å². The van der Waals surface area contributed by atoms with E-state index in [1.165, 1.54) is 5.39 Å². The molecule has 4 heteroatoms. The average Bonchev–Trinajstić information content (AvgIpc) is 2.52. The number of urea groups is 1. The molecule has 2 aromatic rings. The SMILES string of the molecule is CC(CCCO)NC(=O)NC(C)c1cccc2ccccc12. The molecule has 0 heterocycles. The zero-order valence-corrected chi connectivity index (χ0v) is 13.2. The molecule has 0 aliphatic heterocycles. The third-order valence-electron chi connectivity index (χ3n) is 3.81. The van der Waals surface area contributed by atoms with E-state index >= 15 is 0 Å². The fraction of sp³-hybridized carbons (Fsp3) is 0.389.